The molecule has 4 fully saturated rings. The zero-order chi connectivity index (χ0) is 20.0. The molecule has 4 aliphatic carbocycles. The quantitative estimate of drug-likeness (QED) is 0.372. The lowest BCUT2D eigenvalue weighted by Gasteiger charge is -2.47. The summed E-state index contributed by atoms with van der Waals surface area (Å²) in [7, 11) is 0. The SMILES string of the molecule is C=C.CC1CC(C)C2CCCCC2C1C.CC1CCC2CCCCC2C1C. The fourth-order valence-electron chi connectivity index (χ4n) is 7.39. The normalized spacial score (nSPS) is 46.5. The Kier molecular flexibility index (Phi) is 9.43. The van der Waals surface area contributed by atoms with E-state index in [1.807, 2.05) is 0 Å². The van der Waals surface area contributed by atoms with Gasteiger partial charge in [0.25, 0.3) is 0 Å². The van der Waals surface area contributed by atoms with Crippen LogP contribution in [0.2, 0.25) is 0 Å². The largest absolute Gasteiger partial charge is 0.106 e. The predicted octanol–water partition coefficient (Wildman–Crippen LogP) is 8.77. The molecule has 0 aliphatic heterocycles. The standard InChI is InChI=1S/C13H24.C12H22.C2H4/c1-9-8-10(2)12-6-4-5-7-13(12)11(9)3;1-9-7-8-11-5-3-4-6-12(11)10(9)2;1-2/h9-13H,4-8H2,1-3H3;9-12H,3-8H2,1-2H3;1-2H2. The van der Waals surface area contributed by atoms with Gasteiger partial charge in [-0.25, -0.2) is 0 Å². The average molecular weight is 375 g/mol. The van der Waals surface area contributed by atoms with Gasteiger partial charge in [-0.1, -0.05) is 73.1 Å². The third kappa shape index (κ3) is 5.63. The van der Waals surface area contributed by atoms with E-state index in [0.717, 1.165) is 53.3 Å². The highest BCUT2D eigenvalue weighted by Gasteiger charge is 2.39. The lowest BCUT2D eigenvalue weighted by atomic mass is 9.59. The van der Waals surface area contributed by atoms with E-state index in [1.54, 1.807) is 6.42 Å². The number of hydrogen-bond donors (Lipinski definition) is 0. The first-order valence-corrected chi connectivity index (χ1v) is 12.5. The Morgan fingerprint density at radius 1 is 0.481 bits per heavy atom. The number of rotatable bonds is 0. The van der Waals surface area contributed by atoms with Gasteiger partial charge in [0, 0.05) is 0 Å². The van der Waals surface area contributed by atoms with E-state index in [0.29, 0.717) is 0 Å². The predicted molar refractivity (Wildman–Crippen MR) is 122 cm³/mol. The van der Waals surface area contributed by atoms with E-state index in [4.69, 9.17) is 0 Å². The molecule has 4 aliphatic rings. The second-order valence-electron chi connectivity index (χ2n) is 10.8. The summed E-state index contributed by atoms with van der Waals surface area (Å²) >= 11 is 0. The third-order valence-corrected chi connectivity index (χ3v) is 9.46. The van der Waals surface area contributed by atoms with Crippen LogP contribution in [0.15, 0.2) is 13.2 Å². The van der Waals surface area contributed by atoms with E-state index >= 15 is 0 Å². The minimum atomic E-state index is 0.981. The molecule has 4 saturated carbocycles. The lowest BCUT2D eigenvalue weighted by molar-refractivity contribution is 0.0296. The Labute approximate surface area is 172 Å². The Balaban J connectivity index is 0.000000178. The van der Waals surface area contributed by atoms with Gasteiger partial charge in [0.1, 0.15) is 0 Å². The van der Waals surface area contributed by atoms with Crippen molar-refractivity contribution >= 4 is 0 Å². The van der Waals surface area contributed by atoms with Gasteiger partial charge in [-0.05, 0) is 85.4 Å². The molecule has 158 valence electrons. The minimum Gasteiger partial charge on any atom is -0.106 e. The van der Waals surface area contributed by atoms with Gasteiger partial charge in [-0.2, -0.15) is 0 Å². The van der Waals surface area contributed by atoms with Gasteiger partial charge in [0.15, 0.2) is 0 Å². The van der Waals surface area contributed by atoms with Crippen molar-refractivity contribution < 1.29 is 0 Å². The summed E-state index contributed by atoms with van der Waals surface area (Å²) in [4.78, 5) is 0. The van der Waals surface area contributed by atoms with Crippen LogP contribution >= 0.6 is 0 Å². The summed E-state index contributed by atoms with van der Waals surface area (Å²) in [5.41, 5.74) is 0. The molecule has 0 heteroatoms. The first-order chi connectivity index (χ1) is 13.0. The second kappa shape index (κ2) is 11.1. The van der Waals surface area contributed by atoms with Crippen molar-refractivity contribution in [2.45, 2.75) is 105 Å². The zero-order valence-electron chi connectivity index (χ0n) is 19.4. The van der Waals surface area contributed by atoms with Crippen LogP contribution in [0.3, 0.4) is 0 Å². The molecule has 0 aromatic carbocycles. The summed E-state index contributed by atoms with van der Waals surface area (Å²) < 4.78 is 0. The maximum atomic E-state index is 3.00. The molecule has 0 bridgehead atoms. The molecule has 0 spiro atoms. The van der Waals surface area contributed by atoms with Crippen LogP contribution in [0.4, 0.5) is 0 Å². The molecule has 0 radical (unpaired) electrons. The third-order valence-electron chi connectivity index (χ3n) is 9.46. The van der Waals surface area contributed by atoms with Crippen molar-refractivity contribution in [2.24, 2.45) is 53.3 Å². The van der Waals surface area contributed by atoms with Crippen molar-refractivity contribution in [3.63, 3.8) is 0 Å². The molecule has 0 amide bonds. The molecule has 0 saturated heterocycles. The number of fused-ring (bicyclic) bond motifs is 2. The summed E-state index contributed by atoms with van der Waals surface area (Å²) in [6.45, 7) is 18.4. The van der Waals surface area contributed by atoms with Crippen LogP contribution in [0.5, 0.6) is 0 Å². The van der Waals surface area contributed by atoms with Crippen molar-refractivity contribution in [2.75, 3.05) is 0 Å². The lowest BCUT2D eigenvalue weighted by Crippen LogP contribution is -2.38. The van der Waals surface area contributed by atoms with Crippen LogP contribution in [0.1, 0.15) is 105 Å². The van der Waals surface area contributed by atoms with Crippen molar-refractivity contribution in [3.05, 3.63) is 13.2 Å². The first kappa shape index (κ1) is 23.0. The average Bonchev–Trinajstić information content (AvgIpc) is 2.71. The molecule has 9 unspecified atom stereocenters. The highest BCUT2D eigenvalue weighted by Crippen LogP contribution is 2.48. The Bertz CT molecular complexity index is 410. The van der Waals surface area contributed by atoms with Gasteiger partial charge in [-0.15, -0.1) is 13.2 Å². The Morgan fingerprint density at radius 2 is 1.00 bits per heavy atom. The molecule has 0 aromatic heterocycles. The van der Waals surface area contributed by atoms with E-state index in [2.05, 4.69) is 47.8 Å². The topological polar surface area (TPSA) is 0 Å². The van der Waals surface area contributed by atoms with Crippen LogP contribution < -0.4 is 0 Å². The monoisotopic (exact) mass is 374 g/mol. The van der Waals surface area contributed by atoms with Crippen molar-refractivity contribution in [3.8, 4) is 0 Å². The summed E-state index contributed by atoms with van der Waals surface area (Å²) in [6.07, 6.45) is 16.7. The smallest absolute Gasteiger partial charge is 0.0355 e. The highest BCUT2D eigenvalue weighted by molar-refractivity contribution is 4.89. The Hall–Kier alpha value is -0.260. The van der Waals surface area contributed by atoms with Gasteiger partial charge in [0.2, 0.25) is 0 Å². The minimum absolute atomic E-state index is 0.981. The second-order valence-corrected chi connectivity index (χ2v) is 10.8. The molecule has 0 N–H and O–H groups in total. The van der Waals surface area contributed by atoms with Gasteiger partial charge >= 0.3 is 0 Å². The van der Waals surface area contributed by atoms with Crippen molar-refractivity contribution in [1.82, 2.24) is 0 Å². The van der Waals surface area contributed by atoms with Gasteiger partial charge < -0.3 is 0 Å². The molecular formula is C27H50. The van der Waals surface area contributed by atoms with E-state index < -0.39 is 0 Å². The maximum absolute atomic E-state index is 3.00. The first-order valence-electron chi connectivity index (χ1n) is 12.5. The fourth-order valence-corrected chi connectivity index (χ4v) is 7.39. The summed E-state index contributed by atoms with van der Waals surface area (Å²) in [5.74, 6) is 9.39. The molecule has 0 nitrogen and oxygen atoms in total. The fraction of sp³-hybridized carbons (Fsp3) is 0.926. The number of hydrogen-bond acceptors (Lipinski definition) is 0. The highest BCUT2D eigenvalue weighted by atomic mass is 14.4. The summed E-state index contributed by atoms with van der Waals surface area (Å²) in [6, 6.07) is 0. The van der Waals surface area contributed by atoms with Crippen LogP contribution in [0, 0.1) is 53.3 Å². The van der Waals surface area contributed by atoms with E-state index in [9.17, 15) is 0 Å². The van der Waals surface area contributed by atoms with Crippen LogP contribution in [-0.2, 0) is 0 Å². The van der Waals surface area contributed by atoms with E-state index in [1.165, 1.54) is 64.2 Å². The molecular weight excluding hydrogens is 324 g/mol. The van der Waals surface area contributed by atoms with Crippen LogP contribution in [0.25, 0.3) is 0 Å². The van der Waals surface area contributed by atoms with E-state index in [-0.39, 0.29) is 0 Å². The van der Waals surface area contributed by atoms with Crippen molar-refractivity contribution in [1.29, 1.82) is 0 Å². The zero-order valence-corrected chi connectivity index (χ0v) is 19.4. The molecule has 0 heterocycles. The van der Waals surface area contributed by atoms with Gasteiger partial charge in [-0.3, -0.25) is 0 Å². The Morgan fingerprint density at radius 3 is 1.67 bits per heavy atom. The molecule has 4 rings (SSSR count). The molecule has 0 aromatic rings. The maximum Gasteiger partial charge on any atom is -0.0355 e. The summed E-state index contributed by atoms with van der Waals surface area (Å²) in [5, 5.41) is 0. The van der Waals surface area contributed by atoms with Gasteiger partial charge in [0.05, 0.1) is 0 Å². The van der Waals surface area contributed by atoms with Crippen LogP contribution in [-0.4, -0.2) is 0 Å². The molecule has 9 atom stereocenters. The molecule has 27 heavy (non-hydrogen) atoms.